The van der Waals surface area contributed by atoms with Gasteiger partial charge in [0.25, 0.3) is 0 Å². The van der Waals surface area contributed by atoms with E-state index in [1.54, 1.807) is 6.08 Å². The van der Waals surface area contributed by atoms with Crippen LogP contribution in [0.2, 0.25) is 0 Å². The second-order valence-electron chi connectivity index (χ2n) is 18.8. The third-order valence-electron chi connectivity index (χ3n) is 12.8. The van der Waals surface area contributed by atoms with Crippen LogP contribution in [0.1, 0.15) is 94.9 Å². The van der Waals surface area contributed by atoms with Crippen LogP contribution in [0.4, 0.5) is 0 Å². The minimum absolute atomic E-state index is 0.0211. The summed E-state index contributed by atoms with van der Waals surface area (Å²) in [5, 5.41) is 26.2. The fourth-order valence-electron chi connectivity index (χ4n) is 8.44. The van der Waals surface area contributed by atoms with Gasteiger partial charge >= 0.3 is 0 Å². The summed E-state index contributed by atoms with van der Waals surface area (Å²) >= 11 is 0. The zero-order chi connectivity index (χ0) is 57.6. The third kappa shape index (κ3) is 22.7. The van der Waals surface area contributed by atoms with Crippen LogP contribution in [-0.2, 0) is 56.0 Å². The van der Waals surface area contributed by atoms with Gasteiger partial charge in [-0.15, -0.1) is 0 Å². The molecule has 1 saturated heterocycles. The van der Waals surface area contributed by atoms with Crippen LogP contribution in [0.15, 0.2) is 41.7 Å². The maximum absolute atomic E-state index is 14.3. The van der Waals surface area contributed by atoms with Gasteiger partial charge in [-0.3, -0.25) is 48.1 Å². The molecule has 0 aromatic carbocycles. The summed E-state index contributed by atoms with van der Waals surface area (Å²) in [5.41, 5.74) is 46.1. The topological polar surface area (TPSA) is 527 Å². The highest BCUT2D eigenvalue weighted by atomic mass is 16.3. The van der Waals surface area contributed by atoms with Crippen LogP contribution in [-0.4, -0.2) is 183 Å². The molecule has 434 valence electrons. The molecule has 30 heteroatoms. The van der Waals surface area contributed by atoms with Crippen LogP contribution in [0.3, 0.4) is 0 Å². The summed E-state index contributed by atoms with van der Waals surface area (Å²) in [7, 11) is 0. The largest absolute Gasteiger partial charge is 0.389 e. The van der Waals surface area contributed by atoms with Crippen molar-refractivity contribution in [2.45, 2.75) is 145 Å². The fraction of sp³-hybridized carbons (Fsp3) is 0.625. The first-order valence-corrected chi connectivity index (χ1v) is 26.2. The number of hydrogen-bond donors (Lipinski definition) is 17. The van der Waals surface area contributed by atoms with Gasteiger partial charge in [0.2, 0.25) is 47.3 Å². The van der Waals surface area contributed by atoms with Crippen molar-refractivity contribution in [1.29, 1.82) is 0 Å². The van der Waals surface area contributed by atoms with E-state index < -0.39 is 115 Å². The molecule has 78 heavy (non-hydrogen) atoms. The lowest BCUT2D eigenvalue weighted by Gasteiger charge is -2.30. The lowest BCUT2D eigenvalue weighted by molar-refractivity contribution is -0.142. The summed E-state index contributed by atoms with van der Waals surface area (Å²) in [4.78, 5) is 141. The van der Waals surface area contributed by atoms with Crippen molar-refractivity contribution in [3.05, 3.63) is 48.1 Å². The highest BCUT2D eigenvalue weighted by Crippen LogP contribution is 2.21. The number of guanidine groups is 1. The first-order chi connectivity index (χ1) is 37.3. The number of aromatic amines is 2. The smallest absolute Gasteiger partial charge is 0.245 e. The number of nitrogens with one attached hydrogen (secondary N) is 8. The van der Waals surface area contributed by atoms with E-state index in [4.69, 9.17) is 45.9 Å². The molecule has 1 aliphatic heterocycles. The maximum atomic E-state index is 14.3. The number of hydrogen-bond acceptors (Lipinski definition) is 18. The summed E-state index contributed by atoms with van der Waals surface area (Å²) in [6, 6.07) is -8.67. The van der Waals surface area contributed by atoms with E-state index >= 15 is 0 Å². The Hall–Kier alpha value is -7.38. The Morgan fingerprint density at radius 2 is 1.32 bits per heavy atom. The Morgan fingerprint density at radius 3 is 1.90 bits per heavy atom. The van der Waals surface area contributed by atoms with E-state index in [0.717, 1.165) is 0 Å². The number of Topliss-reactive ketones (excluding diaryl/α,β-unsaturated/α-hetero) is 1. The number of aromatic nitrogens is 4. The minimum Gasteiger partial charge on any atom is -0.389 e. The number of nitrogens with zero attached hydrogens (tertiary/aromatic N) is 4. The van der Waals surface area contributed by atoms with Crippen molar-refractivity contribution < 1.29 is 48.3 Å². The van der Waals surface area contributed by atoms with E-state index in [-0.39, 0.29) is 95.4 Å². The summed E-state index contributed by atoms with van der Waals surface area (Å²) in [6.07, 6.45) is 8.94. The van der Waals surface area contributed by atoms with Gasteiger partial charge in [-0.1, -0.05) is 12.5 Å². The number of carbonyl (C=O) groups is 9. The van der Waals surface area contributed by atoms with E-state index in [2.05, 4.69) is 56.8 Å². The molecule has 30 nitrogen and oxygen atoms in total. The number of aliphatic hydroxyl groups excluding tert-OH is 1. The Bertz CT molecular complexity index is 2290. The second-order valence-corrected chi connectivity index (χ2v) is 18.8. The molecule has 0 bridgehead atoms. The van der Waals surface area contributed by atoms with E-state index in [9.17, 15) is 48.3 Å². The van der Waals surface area contributed by atoms with Gasteiger partial charge in [0, 0.05) is 68.3 Å². The quantitative estimate of drug-likeness (QED) is 0.0129. The summed E-state index contributed by atoms with van der Waals surface area (Å²) < 4.78 is 0. The number of unbranched alkanes of at least 4 members (excludes halogenated alkanes) is 2. The lowest BCUT2D eigenvalue weighted by Crippen LogP contribution is -2.61. The number of ketones is 1. The zero-order valence-electron chi connectivity index (χ0n) is 44.1. The predicted octanol–water partition coefficient (Wildman–Crippen LogP) is -6.48. The van der Waals surface area contributed by atoms with E-state index in [0.29, 0.717) is 56.6 Å². The van der Waals surface area contributed by atoms with Crippen molar-refractivity contribution in [1.82, 2.24) is 56.7 Å². The van der Waals surface area contributed by atoms with Gasteiger partial charge in [0.15, 0.2) is 11.7 Å². The Morgan fingerprint density at radius 1 is 0.718 bits per heavy atom. The number of primary amides is 1. The highest BCUT2D eigenvalue weighted by molar-refractivity contribution is 5.98. The molecule has 0 radical (unpaired) electrons. The first kappa shape index (κ1) is 64.9. The van der Waals surface area contributed by atoms with Gasteiger partial charge in [-0.05, 0) is 90.3 Å². The van der Waals surface area contributed by atoms with Crippen molar-refractivity contribution in [2.24, 2.45) is 50.9 Å². The first-order valence-electron chi connectivity index (χ1n) is 26.2. The molecule has 8 atom stereocenters. The van der Waals surface area contributed by atoms with Crippen molar-refractivity contribution in [3.8, 4) is 0 Å². The van der Waals surface area contributed by atoms with Gasteiger partial charge in [0.1, 0.15) is 30.2 Å². The standard InChI is InChI=1S/C48H82N20O10/c49-15-3-1-9-31(53)42(73)67-40(38(70)22-52)46(77)66-34(20-29-23-57-26-61-29)43(74)60-25-39(71)63-33(11-5-17-51)47(78)68-19-7-12-36(68)45(76)65-35(21-30-24-58-27-62-30)44(75)64-32(10-2-4-16-50)37(69)14-13-28(41(54)72)8-6-18-59-48(55)56/h8,23-24,26-27,31-36,38,40,70H,1-7,9-22,25,49-53H2,(H2,54,72)(H,57,61)(H,58,62)(H,60,74)(H,63,71)(H,64,75)(H,65,76)(H,66,77)(H,67,73)(H4,55,56,59)/b28-8+/t31-,32-,33+,34-,35-,36-,38-,40-/m0/s1. The third-order valence-corrected chi connectivity index (χ3v) is 12.8. The molecule has 0 saturated carbocycles. The zero-order valence-corrected chi connectivity index (χ0v) is 44.1. The van der Waals surface area contributed by atoms with Crippen molar-refractivity contribution in [2.75, 3.05) is 45.8 Å². The van der Waals surface area contributed by atoms with Crippen LogP contribution in [0.25, 0.3) is 0 Å². The number of nitrogens with two attached hydrogens (primary N) is 8. The maximum Gasteiger partial charge on any atom is 0.245 e. The Kier molecular flexibility index (Phi) is 29.2. The van der Waals surface area contributed by atoms with Crippen LogP contribution < -0.4 is 77.8 Å². The highest BCUT2D eigenvalue weighted by Gasteiger charge is 2.40. The van der Waals surface area contributed by atoms with Crippen LogP contribution in [0.5, 0.6) is 0 Å². The number of rotatable bonds is 38. The molecule has 3 rings (SSSR count). The molecular weight excluding hydrogens is 1020 g/mol. The van der Waals surface area contributed by atoms with Crippen LogP contribution in [0, 0.1) is 0 Å². The molecule has 2 aromatic heterocycles. The number of imidazole rings is 2. The monoisotopic (exact) mass is 1100 g/mol. The molecule has 0 spiro atoms. The van der Waals surface area contributed by atoms with Crippen molar-refractivity contribution >= 4 is 59.0 Å². The molecule has 25 N–H and O–H groups in total. The molecule has 1 aliphatic rings. The van der Waals surface area contributed by atoms with Gasteiger partial charge in [0.05, 0.1) is 37.4 Å². The number of H-pyrrole nitrogens is 2. The molecular formula is C48H82N20O10. The average Bonchev–Trinajstić information content (AvgIpc) is 4.24. The molecule has 8 amide bonds. The molecule has 2 aromatic rings. The predicted molar refractivity (Wildman–Crippen MR) is 286 cm³/mol. The minimum atomic E-state index is -1.62. The van der Waals surface area contributed by atoms with Crippen molar-refractivity contribution in [3.63, 3.8) is 0 Å². The summed E-state index contributed by atoms with van der Waals surface area (Å²) in [6.45, 7) is 0.0434. The number of likely N-dealkylation sites (tertiary alicyclic amines) is 1. The normalized spacial score (nSPS) is 16.1. The average molecular weight is 1100 g/mol. The summed E-state index contributed by atoms with van der Waals surface area (Å²) in [5.74, 6) is -6.66. The molecule has 0 unspecified atom stereocenters. The number of carbonyl (C=O) groups excluding carboxylic acids is 9. The van der Waals surface area contributed by atoms with Gasteiger partial charge in [-0.25, -0.2) is 9.97 Å². The molecule has 3 heterocycles. The van der Waals surface area contributed by atoms with E-state index in [1.165, 1.54) is 29.9 Å². The van der Waals surface area contributed by atoms with E-state index in [1.807, 2.05) is 0 Å². The van der Waals surface area contributed by atoms with Gasteiger partial charge in [-0.2, -0.15) is 0 Å². The second kappa shape index (κ2) is 35.1. The molecule has 1 fully saturated rings. The molecule has 0 aliphatic carbocycles. The number of aliphatic imine (C=N–C) groups is 1. The van der Waals surface area contributed by atoms with Crippen LogP contribution >= 0.6 is 0 Å². The lowest BCUT2D eigenvalue weighted by atomic mass is 9.98. The number of amides is 8. The van der Waals surface area contributed by atoms with Gasteiger partial charge < -0.3 is 97.7 Å². The SMILES string of the molecule is NCCCC[C@H](NC(=O)[C@H](Cc1cnc[nH]1)NC(=O)[C@@H]1CCCN1C(=O)[C@@H](CCCN)NC(=O)CNC(=O)[C@H](Cc1cnc[nH]1)NC(=O)[C@@H](NC(=O)[C@@H](N)CCCCN)[C@@H](O)CN)C(=O)CC/C(=C\CCN=C(N)N)C(N)=O. The Balaban J connectivity index is 1.76. The Labute approximate surface area is 452 Å². The number of aliphatic hydroxyl groups is 1. The fourth-order valence-corrected chi connectivity index (χ4v) is 8.44.